The van der Waals surface area contributed by atoms with Crippen molar-refractivity contribution in [3.63, 3.8) is 0 Å². The maximum atomic E-state index is 6.34. The van der Waals surface area contributed by atoms with Crippen LogP contribution >= 0.6 is 11.6 Å². The van der Waals surface area contributed by atoms with Crippen LogP contribution in [0, 0.1) is 17.3 Å². The van der Waals surface area contributed by atoms with E-state index < -0.39 is 0 Å². The predicted octanol–water partition coefficient (Wildman–Crippen LogP) is 4.62. The summed E-state index contributed by atoms with van der Waals surface area (Å²) in [7, 11) is 0. The zero-order chi connectivity index (χ0) is 12.6. The zero-order valence-electron chi connectivity index (χ0n) is 11.7. The van der Waals surface area contributed by atoms with E-state index in [-0.39, 0.29) is 5.41 Å². The lowest BCUT2D eigenvalue weighted by atomic mass is 9.65. The summed E-state index contributed by atoms with van der Waals surface area (Å²) in [4.78, 5) is 0. The number of alkyl halides is 1. The molecule has 0 aromatic heterocycles. The van der Waals surface area contributed by atoms with Gasteiger partial charge in [0, 0.05) is 10.8 Å². The molecule has 0 aromatic rings. The Balaban J connectivity index is 1.86. The average Bonchev–Trinajstić information content (AvgIpc) is 2.32. The summed E-state index contributed by atoms with van der Waals surface area (Å²) in [5.74, 6) is 1.68. The second kappa shape index (κ2) is 5.09. The molecule has 0 aliphatic heterocycles. The molecule has 100 valence electrons. The van der Waals surface area contributed by atoms with Crippen LogP contribution in [0.2, 0.25) is 0 Å². The van der Waals surface area contributed by atoms with Gasteiger partial charge in [0.05, 0.1) is 12.2 Å². The van der Waals surface area contributed by atoms with E-state index in [2.05, 4.69) is 27.7 Å². The van der Waals surface area contributed by atoms with Gasteiger partial charge in [-0.05, 0) is 43.9 Å². The standard InChI is InChI=1S/C15H27ClO/c1-5-15(4)13(16)9-14(15)17-12-7-6-10(2)11(3)8-12/h10-14H,5-9H2,1-4H3. The molecule has 2 aliphatic rings. The third-order valence-electron chi connectivity index (χ3n) is 5.54. The highest BCUT2D eigenvalue weighted by molar-refractivity contribution is 6.21. The van der Waals surface area contributed by atoms with Crippen molar-refractivity contribution in [2.45, 2.75) is 77.4 Å². The molecule has 0 radical (unpaired) electrons. The van der Waals surface area contributed by atoms with Crippen LogP contribution in [0.25, 0.3) is 0 Å². The van der Waals surface area contributed by atoms with Gasteiger partial charge in [-0.1, -0.05) is 27.7 Å². The molecule has 17 heavy (non-hydrogen) atoms. The lowest BCUT2D eigenvalue weighted by Gasteiger charge is -2.52. The summed E-state index contributed by atoms with van der Waals surface area (Å²) in [6, 6.07) is 0. The van der Waals surface area contributed by atoms with E-state index in [1.165, 1.54) is 19.3 Å². The van der Waals surface area contributed by atoms with Gasteiger partial charge in [-0.3, -0.25) is 0 Å². The fraction of sp³-hybridized carbons (Fsp3) is 1.00. The molecule has 1 nitrogen and oxygen atoms in total. The minimum atomic E-state index is 0.216. The first-order valence-corrected chi connectivity index (χ1v) is 7.70. The molecule has 2 fully saturated rings. The number of hydrogen-bond acceptors (Lipinski definition) is 1. The second-order valence-corrected chi connectivity index (χ2v) is 7.10. The molecule has 0 bridgehead atoms. The summed E-state index contributed by atoms with van der Waals surface area (Å²) in [5, 5.41) is 0.317. The highest BCUT2D eigenvalue weighted by atomic mass is 35.5. The van der Waals surface area contributed by atoms with Gasteiger partial charge in [0.1, 0.15) is 0 Å². The predicted molar refractivity (Wildman–Crippen MR) is 73.5 cm³/mol. The molecular weight excluding hydrogens is 232 g/mol. The van der Waals surface area contributed by atoms with Gasteiger partial charge in [0.15, 0.2) is 0 Å². The van der Waals surface area contributed by atoms with Gasteiger partial charge in [-0.25, -0.2) is 0 Å². The summed E-state index contributed by atoms with van der Waals surface area (Å²) in [6.07, 6.45) is 6.88. The van der Waals surface area contributed by atoms with Gasteiger partial charge in [0.25, 0.3) is 0 Å². The quantitative estimate of drug-likeness (QED) is 0.671. The van der Waals surface area contributed by atoms with E-state index in [1.54, 1.807) is 0 Å². The van der Waals surface area contributed by atoms with Crippen molar-refractivity contribution in [2.75, 3.05) is 0 Å². The Hall–Kier alpha value is 0.250. The maximum Gasteiger partial charge on any atom is 0.0660 e. The number of ether oxygens (including phenoxy) is 1. The smallest absolute Gasteiger partial charge is 0.0660 e. The molecule has 2 aliphatic carbocycles. The minimum Gasteiger partial charge on any atom is -0.374 e. The van der Waals surface area contributed by atoms with E-state index in [9.17, 15) is 0 Å². The Kier molecular flexibility index (Phi) is 4.09. The zero-order valence-corrected chi connectivity index (χ0v) is 12.5. The Labute approximate surface area is 111 Å². The number of halogens is 1. The largest absolute Gasteiger partial charge is 0.374 e. The molecule has 0 N–H and O–H groups in total. The molecule has 0 spiro atoms. The van der Waals surface area contributed by atoms with Gasteiger partial charge in [-0.15, -0.1) is 11.6 Å². The van der Waals surface area contributed by atoms with Crippen LogP contribution in [0.4, 0.5) is 0 Å². The SMILES string of the molecule is CCC1(C)C(Cl)CC1OC1CCC(C)C(C)C1. The van der Waals surface area contributed by atoms with E-state index in [0.29, 0.717) is 17.6 Å². The first kappa shape index (κ1) is 13.7. The molecule has 6 unspecified atom stereocenters. The Morgan fingerprint density at radius 2 is 1.88 bits per heavy atom. The van der Waals surface area contributed by atoms with Gasteiger partial charge >= 0.3 is 0 Å². The molecule has 0 aromatic carbocycles. The van der Waals surface area contributed by atoms with E-state index in [4.69, 9.17) is 16.3 Å². The Bertz CT molecular complexity index is 268. The molecule has 2 heteroatoms. The van der Waals surface area contributed by atoms with E-state index in [0.717, 1.165) is 24.7 Å². The van der Waals surface area contributed by atoms with Crippen molar-refractivity contribution in [2.24, 2.45) is 17.3 Å². The fourth-order valence-electron chi connectivity index (χ4n) is 3.28. The topological polar surface area (TPSA) is 9.23 Å². The average molecular weight is 259 g/mol. The molecule has 0 saturated heterocycles. The molecule has 0 amide bonds. The van der Waals surface area contributed by atoms with Crippen molar-refractivity contribution in [1.29, 1.82) is 0 Å². The Morgan fingerprint density at radius 1 is 1.18 bits per heavy atom. The highest BCUT2D eigenvalue weighted by Crippen LogP contribution is 2.50. The molecule has 2 rings (SSSR count). The van der Waals surface area contributed by atoms with Gasteiger partial charge in [0.2, 0.25) is 0 Å². The lowest BCUT2D eigenvalue weighted by Crippen LogP contribution is -2.55. The van der Waals surface area contributed by atoms with Crippen molar-refractivity contribution >= 4 is 11.6 Å². The second-order valence-electron chi connectivity index (χ2n) is 6.58. The first-order chi connectivity index (χ1) is 7.97. The van der Waals surface area contributed by atoms with Crippen LogP contribution in [0.15, 0.2) is 0 Å². The van der Waals surface area contributed by atoms with Crippen molar-refractivity contribution in [1.82, 2.24) is 0 Å². The minimum absolute atomic E-state index is 0.216. The van der Waals surface area contributed by atoms with Gasteiger partial charge < -0.3 is 4.74 Å². The summed E-state index contributed by atoms with van der Waals surface area (Å²) < 4.78 is 6.34. The lowest BCUT2D eigenvalue weighted by molar-refractivity contribution is -0.147. The molecular formula is C15H27ClO. The summed E-state index contributed by atoms with van der Waals surface area (Å²) in [5.41, 5.74) is 0.216. The van der Waals surface area contributed by atoms with Crippen molar-refractivity contribution in [3.8, 4) is 0 Å². The van der Waals surface area contributed by atoms with Crippen LogP contribution < -0.4 is 0 Å². The number of hydrogen-bond donors (Lipinski definition) is 0. The van der Waals surface area contributed by atoms with Crippen LogP contribution in [-0.4, -0.2) is 17.6 Å². The molecule has 6 atom stereocenters. The van der Waals surface area contributed by atoms with E-state index in [1.807, 2.05) is 0 Å². The van der Waals surface area contributed by atoms with Gasteiger partial charge in [-0.2, -0.15) is 0 Å². The number of rotatable bonds is 3. The van der Waals surface area contributed by atoms with Crippen LogP contribution in [-0.2, 0) is 4.74 Å². The first-order valence-electron chi connectivity index (χ1n) is 7.27. The highest BCUT2D eigenvalue weighted by Gasteiger charge is 2.51. The summed E-state index contributed by atoms with van der Waals surface area (Å²) >= 11 is 6.34. The normalized spacial score (nSPS) is 51.0. The Morgan fingerprint density at radius 3 is 2.41 bits per heavy atom. The van der Waals surface area contributed by atoms with Crippen LogP contribution in [0.5, 0.6) is 0 Å². The third-order valence-corrected chi connectivity index (χ3v) is 6.22. The summed E-state index contributed by atoms with van der Waals surface area (Å²) in [6.45, 7) is 9.25. The van der Waals surface area contributed by atoms with Crippen LogP contribution in [0.1, 0.15) is 59.8 Å². The third kappa shape index (κ3) is 2.51. The maximum absolute atomic E-state index is 6.34. The van der Waals surface area contributed by atoms with E-state index >= 15 is 0 Å². The fourth-order valence-corrected chi connectivity index (χ4v) is 3.74. The van der Waals surface area contributed by atoms with Crippen molar-refractivity contribution < 1.29 is 4.74 Å². The molecule has 0 heterocycles. The van der Waals surface area contributed by atoms with Crippen molar-refractivity contribution in [3.05, 3.63) is 0 Å². The van der Waals surface area contributed by atoms with Crippen LogP contribution in [0.3, 0.4) is 0 Å². The molecule has 2 saturated carbocycles. The monoisotopic (exact) mass is 258 g/mol.